The van der Waals surface area contributed by atoms with Crippen LogP contribution in [0.25, 0.3) is 0 Å². The number of aliphatic hydroxyl groups is 1. The van der Waals surface area contributed by atoms with Gasteiger partial charge < -0.3 is 10.8 Å². The fraction of sp³-hybridized carbons (Fsp3) is 0.778. The lowest BCUT2D eigenvalue weighted by Gasteiger charge is -2.28. The van der Waals surface area contributed by atoms with E-state index in [-0.39, 0.29) is 18.7 Å². The quantitative estimate of drug-likeness (QED) is 0.709. The van der Waals surface area contributed by atoms with Crippen molar-refractivity contribution in [1.82, 2.24) is 15.0 Å². The molecule has 1 aliphatic rings. The third-order valence-electron chi connectivity index (χ3n) is 2.84. The second-order valence-corrected chi connectivity index (χ2v) is 3.86. The Bertz CT molecular complexity index is 299. The molecule has 2 rings (SSSR count). The van der Waals surface area contributed by atoms with Gasteiger partial charge in [0.15, 0.2) is 0 Å². The molecule has 1 aromatic rings. The van der Waals surface area contributed by atoms with E-state index < -0.39 is 0 Å². The number of rotatable bonds is 2. The number of aromatic nitrogens is 3. The van der Waals surface area contributed by atoms with E-state index >= 15 is 0 Å². The van der Waals surface area contributed by atoms with Gasteiger partial charge in [-0.2, -0.15) is 0 Å². The lowest BCUT2D eigenvalue weighted by atomic mass is 9.91. The molecule has 1 aromatic heterocycles. The first kappa shape index (κ1) is 9.61. The van der Waals surface area contributed by atoms with Gasteiger partial charge in [-0.25, -0.2) is 4.68 Å². The van der Waals surface area contributed by atoms with Crippen molar-refractivity contribution in [2.75, 3.05) is 0 Å². The van der Waals surface area contributed by atoms with Crippen LogP contribution in [-0.4, -0.2) is 26.1 Å². The van der Waals surface area contributed by atoms with Crippen LogP contribution >= 0.6 is 0 Å². The molecule has 1 heterocycles. The Balaban J connectivity index is 2.12. The molecule has 1 fully saturated rings. The summed E-state index contributed by atoms with van der Waals surface area (Å²) >= 11 is 0. The number of nitrogens with two attached hydrogens (primary N) is 1. The second-order valence-electron chi connectivity index (χ2n) is 3.86. The zero-order chi connectivity index (χ0) is 9.97. The third-order valence-corrected chi connectivity index (χ3v) is 2.84. The van der Waals surface area contributed by atoms with E-state index in [4.69, 9.17) is 10.8 Å². The van der Waals surface area contributed by atoms with E-state index in [9.17, 15) is 0 Å². The zero-order valence-electron chi connectivity index (χ0n) is 8.13. The van der Waals surface area contributed by atoms with E-state index in [0.717, 1.165) is 12.8 Å². The van der Waals surface area contributed by atoms with Gasteiger partial charge in [0.2, 0.25) is 0 Å². The third kappa shape index (κ3) is 1.78. The first-order chi connectivity index (χ1) is 6.81. The fourth-order valence-electron chi connectivity index (χ4n) is 2.02. The number of nitrogens with zero attached hydrogens (tertiary/aromatic N) is 3. The van der Waals surface area contributed by atoms with Crippen molar-refractivity contribution in [2.24, 2.45) is 5.73 Å². The van der Waals surface area contributed by atoms with Crippen LogP contribution in [0.3, 0.4) is 0 Å². The average molecular weight is 196 g/mol. The van der Waals surface area contributed by atoms with Crippen molar-refractivity contribution in [3.63, 3.8) is 0 Å². The van der Waals surface area contributed by atoms with Gasteiger partial charge in [0, 0.05) is 6.04 Å². The van der Waals surface area contributed by atoms with Crippen molar-refractivity contribution in [3.05, 3.63) is 11.9 Å². The molecular weight excluding hydrogens is 180 g/mol. The fourth-order valence-corrected chi connectivity index (χ4v) is 2.02. The van der Waals surface area contributed by atoms with Crippen LogP contribution in [-0.2, 0) is 6.61 Å². The Morgan fingerprint density at radius 1 is 1.50 bits per heavy atom. The second kappa shape index (κ2) is 4.06. The first-order valence-electron chi connectivity index (χ1n) is 5.08. The minimum Gasteiger partial charge on any atom is -0.390 e. The van der Waals surface area contributed by atoms with E-state index in [1.807, 2.05) is 0 Å². The lowest BCUT2D eigenvalue weighted by Crippen LogP contribution is -2.35. The average Bonchev–Trinajstić information content (AvgIpc) is 2.67. The largest absolute Gasteiger partial charge is 0.390 e. The maximum Gasteiger partial charge on any atom is 0.108 e. The molecule has 0 spiro atoms. The highest BCUT2D eigenvalue weighted by molar-refractivity contribution is 4.93. The van der Waals surface area contributed by atoms with Crippen LogP contribution < -0.4 is 5.73 Å². The van der Waals surface area contributed by atoms with Gasteiger partial charge in [0.25, 0.3) is 0 Å². The Kier molecular flexibility index (Phi) is 2.79. The summed E-state index contributed by atoms with van der Waals surface area (Å²) in [4.78, 5) is 0. The molecule has 14 heavy (non-hydrogen) atoms. The Morgan fingerprint density at radius 3 is 2.93 bits per heavy atom. The van der Waals surface area contributed by atoms with Gasteiger partial charge in [-0.3, -0.25) is 0 Å². The monoisotopic (exact) mass is 196 g/mol. The molecule has 5 heteroatoms. The first-order valence-corrected chi connectivity index (χ1v) is 5.08. The van der Waals surface area contributed by atoms with Gasteiger partial charge >= 0.3 is 0 Å². The minimum absolute atomic E-state index is 0.0536. The summed E-state index contributed by atoms with van der Waals surface area (Å²) in [7, 11) is 0. The van der Waals surface area contributed by atoms with E-state index in [2.05, 4.69) is 10.3 Å². The highest BCUT2D eigenvalue weighted by Gasteiger charge is 2.24. The molecule has 78 valence electrons. The van der Waals surface area contributed by atoms with Gasteiger partial charge in [-0.05, 0) is 12.8 Å². The molecule has 1 saturated carbocycles. The molecule has 3 N–H and O–H groups in total. The highest BCUT2D eigenvalue weighted by Crippen LogP contribution is 2.26. The van der Waals surface area contributed by atoms with Crippen molar-refractivity contribution >= 4 is 0 Å². The lowest BCUT2D eigenvalue weighted by molar-refractivity contribution is 0.275. The molecule has 0 saturated heterocycles. The zero-order valence-corrected chi connectivity index (χ0v) is 8.13. The predicted molar refractivity (Wildman–Crippen MR) is 51.4 cm³/mol. The van der Waals surface area contributed by atoms with Crippen LogP contribution in [0.15, 0.2) is 6.20 Å². The summed E-state index contributed by atoms with van der Waals surface area (Å²) in [5, 5.41) is 16.7. The van der Waals surface area contributed by atoms with Gasteiger partial charge in [-0.1, -0.05) is 18.1 Å². The molecule has 2 atom stereocenters. The van der Waals surface area contributed by atoms with E-state index in [1.165, 1.54) is 12.8 Å². The standard InChI is InChI=1S/C9H16N4O/c10-8-3-1-2-4-9(8)13-5-7(6-14)11-12-13/h5,8-9,14H,1-4,6,10H2/t8-,9+/m1/s1. The summed E-state index contributed by atoms with van der Waals surface area (Å²) in [6.45, 7) is -0.0536. The van der Waals surface area contributed by atoms with Crippen molar-refractivity contribution in [3.8, 4) is 0 Å². The molecule has 0 unspecified atom stereocenters. The molecule has 0 amide bonds. The number of hydrogen-bond donors (Lipinski definition) is 2. The van der Waals surface area contributed by atoms with Gasteiger partial charge in [0.1, 0.15) is 5.69 Å². The van der Waals surface area contributed by atoms with Crippen molar-refractivity contribution in [1.29, 1.82) is 0 Å². The molecule has 0 aliphatic heterocycles. The summed E-state index contributed by atoms with van der Waals surface area (Å²) in [5.74, 6) is 0. The Hall–Kier alpha value is -0.940. The predicted octanol–water partition coefficient (Wildman–Crippen LogP) is 0.213. The SMILES string of the molecule is N[C@@H]1CCCC[C@@H]1n1cc(CO)nn1. The molecule has 0 aromatic carbocycles. The summed E-state index contributed by atoms with van der Waals surface area (Å²) in [6.07, 6.45) is 6.32. The highest BCUT2D eigenvalue weighted by atomic mass is 16.3. The van der Waals surface area contributed by atoms with Gasteiger partial charge in [0.05, 0.1) is 18.8 Å². The smallest absolute Gasteiger partial charge is 0.108 e. The summed E-state index contributed by atoms with van der Waals surface area (Å²) < 4.78 is 1.80. The van der Waals surface area contributed by atoms with Crippen LogP contribution in [0.4, 0.5) is 0 Å². The number of hydrogen-bond acceptors (Lipinski definition) is 4. The van der Waals surface area contributed by atoms with E-state index in [0.29, 0.717) is 5.69 Å². The minimum atomic E-state index is -0.0536. The Morgan fingerprint density at radius 2 is 2.29 bits per heavy atom. The van der Waals surface area contributed by atoms with Crippen molar-refractivity contribution < 1.29 is 5.11 Å². The summed E-state index contributed by atoms with van der Waals surface area (Å²) in [6, 6.07) is 0.438. The van der Waals surface area contributed by atoms with Crippen LogP contribution in [0.1, 0.15) is 37.4 Å². The molecular formula is C9H16N4O. The van der Waals surface area contributed by atoms with E-state index in [1.54, 1.807) is 10.9 Å². The van der Waals surface area contributed by atoms with Gasteiger partial charge in [-0.15, -0.1) is 5.10 Å². The van der Waals surface area contributed by atoms with Crippen LogP contribution in [0, 0.1) is 0 Å². The van der Waals surface area contributed by atoms with Crippen LogP contribution in [0.5, 0.6) is 0 Å². The normalized spacial score (nSPS) is 27.9. The molecule has 0 radical (unpaired) electrons. The Labute approximate surface area is 82.9 Å². The maximum atomic E-state index is 8.87. The molecule has 5 nitrogen and oxygen atoms in total. The van der Waals surface area contributed by atoms with Crippen molar-refractivity contribution in [2.45, 2.75) is 44.4 Å². The molecule has 1 aliphatic carbocycles. The summed E-state index contributed by atoms with van der Waals surface area (Å²) in [5.41, 5.74) is 6.62. The maximum absolute atomic E-state index is 8.87. The number of aliphatic hydroxyl groups excluding tert-OH is 1. The van der Waals surface area contributed by atoms with Crippen LogP contribution in [0.2, 0.25) is 0 Å². The molecule has 0 bridgehead atoms. The topological polar surface area (TPSA) is 77.0 Å².